The monoisotopic (exact) mass is 318 g/mol. The number of rotatable bonds is 6. The van der Waals surface area contributed by atoms with Crippen LogP contribution < -0.4 is 0 Å². The van der Waals surface area contributed by atoms with Crippen molar-refractivity contribution in [1.82, 2.24) is 4.31 Å². The summed E-state index contributed by atoms with van der Waals surface area (Å²) < 4.78 is 27.0. The molecule has 0 radical (unpaired) electrons. The van der Waals surface area contributed by atoms with E-state index in [-0.39, 0.29) is 11.8 Å². The molecule has 2 fully saturated rings. The van der Waals surface area contributed by atoms with Gasteiger partial charge in [-0.05, 0) is 44.1 Å². The zero-order chi connectivity index (χ0) is 15.6. The van der Waals surface area contributed by atoms with Gasteiger partial charge in [-0.3, -0.25) is 0 Å². The van der Waals surface area contributed by atoms with Gasteiger partial charge in [0.2, 0.25) is 10.0 Å². The van der Waals surface area contributed by atoms with Gasteiger partial charge in [-0.2, -0.15) is 9.57 Å². The lowest BCUT2D eigenvalue weighted by atomic mass is 10.0. The fourth-order valence-corrected chi connectivity index (χ4v) is 5.60. The highest BCUT2D eigenvalue weighted by molar-refractivity contribution is 7.89. The maximum Gasteiger partial charge on any atom is 0.215 e. The van der Waals surface area contributed by atoms with Crippen molar-refractivity contribution in [2.75, 3.05) is 12.3 Å². The quantitative estimate of drug-likeness (QED) is 0.810. The minimum atomic E-state index is -3.31. The van der Waals surface area contributed by atoms with Gasteiger partial charge in [-0.15, -0.1) is 0 Å². The number of sulfonamides is 1. The Hall–Kier alpha value is -1.38. The van der Waals surface area contributed by atoms with Crippen LogP contribution in [0.3, 0.4) is 0 Å². The molecule has 0 aromatic heterocycles. The summed E-state index contributed by atoms with van der Waals surface area (Å²) in [6, 6.07) is 12.5. The second-order valence-corrected chi connectivity index (χ2v) is 8.50. The molecular formula is C17H22N2O2S. The van der Waals surface area contributed by atoms with E-state index in [4.69, 9.17) is 5.26 Å². The van der Waals surface area contributed by atoms with Crippen LogP contribution in [-0.2, 0) is 16.4 Å². The molecule has 1 heterocycles. The molecule has 1 saturated carbocycles. The van der Waals surface area contributed by atoms with Crippen molar-refractivity contribution in [3.63, 3.8) is 0 Å². The predicted octanol–water partition coefficient (Wildman–Crippen LogP) is 2.72. The van der Waals surface area contributed by atoms with Gasteiger partial charge in [-0.25, -0.2) is 8.42 Å². The third kappa shape index (κ3) is 3.34. The summed E-state index contributed by atoms with van der Waals surface area (Å²) in [5, 5.41) is 9.15. The first-order valence-corrected chi connectivity index (χ1v) is 9.60. The van der Waals surface area contributed by atoms with E-state index in [0.29, 0.717) is 6.54 Å². The second-order valence-electron chi connectivity index (χ2n) is 6.58. The summed E-state index contributed by atoms with van der Waals surface area (Å²) in [5.41, 5.74) is 0.660. The van der Waals surface area contributed by atoms with E-state index >= 15 is 0 Å². The molecule has 0 N–H and O–H groups in total. The average Bonchev–Trinajstić information content (AvgIpc) is 3.11. The number of hydrogen-bond donors (Lipinski definition) is 0. The van der Waals surface area contributed by atoms with Crippen molar-refractivity contribution in [3.05, 3.63) is 35.9 Å². The summed E-state index contributed by atoms with van der Waals surface area (Å²) in [5.74, 6) is 0.0122. The Morgan fingerprint density at radius 3 is 2.64 bits per heavy atom. The van der Waals surface area contributed by atoms with E-state index in [1.54, 1.807) is 4.31 Å². The SMILES string of the molecule is N#CC1(CS(=O)(=O)N2CCC[C@H]2CCc2ccccc2)CC1. The number of hydrogen-bond acceptors (Lipinski definition) is 3. The predicted molar refractivity (Wildman–Crippen MR) is 85.6 cm³/mol. The van der Waals surface area contributed by atoms with Crippen LogP contribution in [0, 0.1) is 16.7 Å². The molecule has 1 aromatic carbocycles. The van der Waals surface area contributed by atoms with Crippen LogP contribution >= 0.6 is 0 Å². The van der Waals surface area contributed by atoms with E-state index in [9.17, 15) is 8.42 Å². The molecule has 2 aliphatic rings. The highest BCUT2D eigenvalue weighted by Gasteiger charge is 2.49. The van der Waals surface area contributed by atoms with Crippen LogP contribution in [0.2, 0.25) is 0 Å². The zero-order valence-corrected chi connectivity index (χ0v) is 13.6. The molecule has 1 aliphatic carbocycles. The minimum absolute atomic E-state index is 0.0122. The molecule has 1 atom stereocenters. The Morgan fingerprint density at radius 2 is 2.00 bits per heavy atom. The van der Waals surface area contributed by atoms with Gasteiger partial charge in [-0.1, -0.05) is 30.3 Å². The molecular weight excluding hydrogens is 296 g/mol. The van der Waals surface area contributed by atoms with E-state index in [1.807, 2.05) is 18.2 Å². The van der Waals surface area contributed by atoms with Crippen molar-refractivity contribution in [2.45, 2.75) is 44.6 Å². The van der Waals surface area contributed by atoms with Crippen LogP contribution in [0.5, 0.6) is 0 Å². The first kappa shape index (κ1) is 15.5. The van der Waals surface area contributed by atoms with Crippen molar-refractivity contribution in [2.24, 2.45) is 5.41 Å². The van der Waals surface area contributed by atoms with Gasteiger partial charge < -0.3 is 0 Å². The Kier molecular flexibility index (Phi) is 4.24. The molecule has 1 saturated heterocycles. The number of nitriles is 1. The third-order valence-electron chi connectivity index (χ3n) is 4.84. The van der Waals surface area contributed by atoms with Crippen molar-refractivity contribution in [3.8, 4) is 6.07 Å². The van der Waals surface area contributed by atoms with Crippen molar-refractivity contribution in [1.29, 1.82) is 5.26 Å². The largest absolute Gasteiger partial charge is 0.215 e. The summed E-state index contributed by atoms with van der Waals surface area (Å²) in [6.07, 6.45) is 5.09. The Balaban J connectivity index is 1.64. The number of aryl methyl sites for hydroxylation is 1. The zero-order valence-electron chi connectivity index (χ0n) is 12.7. The third-order valence-corrected chi connectivity index (χ3v) is 6.95. The molecule has 0 spiro atoms. The Bertz CT molecular complexity index is 660. The fraction of sp³-hybridized carbons (Fsp3) is 0.588. The number of nitrogens with zero attached hydrogens (tertiary/aromatic N) is 2. The lowest BCUT2D eigenvalue weighted by molar-refractivity contribution is 0.368. The van der Waals surface area contributed by atoms with Crippen LogP contribution in [0.25, 0.3) is 0 Å². The van der Waals surface area contributed by atoms with Gasteiger partial charge in [0, 0.05) is 12.6 Å². The van der Waals surface area contributed by atoms with Gasteiger partial charge in [0.1, 0.15) is 0 Å². The molecule has 5 heteroatoms. The standard InChI is InChI=1S/C17H22N2O2S/c18-13-17(10-11-17)14-22(20,21)19-12-4-7-16(19)9-8-15-5-2-1-3-6-15/h1-3,5-6,16H,4,7-12,14H2/t16-/m0/s1. The lowest BCUT2D eigenvalue weighted by Gasteiger charge is -2.25. The fourth-order valence-electron chi connectivity index (χ4n) is 3.31. The highest BCUT2D eigenvalue weighted by atomic mass is 32.2. The Morgan fingerprint density at radius 1 is 1.27 bits per heavy atom. The molecule has 0 bridgehead atoms. The van der Waals surface area contributed by atoms with E-state index in [1.165, 1.54) is 5.56 Å². The van der Waals surface area contributed by atoms with Crippen LogP contribution in [0.15, 0.2) is 30.3 Å². The summed E-state index contributed by atoms with van der Waals surface area (Å²) >= 11 is 0. The molecule has 1 aromatic rings. The number of benzene rings is 1. The molecule has 22 heavy (non-hydrogen) atoms. The summed E-state index contributed by atoms with van der Waals surface area (Å²) in [6.45, 7) is 0.614. The van der Waals surface area contributed by atoms with Gasteiger partial charge in [0.05, 0.1) is 17.2 Å². The molecule has 118 valence electrons. The summed E-state index contributed by atoms with van der Waals surface area (Å²) in [4.78, 5) is 0. The first-order chi connectivity index (χ1) is 10.5. The van der Waals surface area contributed by atoms with Gasteiger partial charge in [0.15, 0.2) is 0 Å². The van der Waals surface area contributed by atoms with Gasteiger partial charge >= 0.3 is 0 Å². The van der Waals surface area contributed by atoms with Crippen molar-refractivity contribution < 1.29 is 8.42 Å². The van der Waals surface area contributed by atoms with Crippen LogP contribution in [0.1, 0.15) is 37.7 Å². The van der Waals surface area contributed by atoms with E-state index < -0.39 is 15.4 Å². The topological polar surface area (TPSA) is 61.2 Å². The summed E-state index contributed by atoms with van der Waals surface area (Å²) in [7, 11) is -3.31. The van der Waals surface area contributed by atoms with Crippen LogP contribution in [-0.4, -0.2) is 31.1 Å². The average molecular weight is 318 g/mol. The highest BCUT2D eigenvalue weighted by Crippen LogP contribution is 2.46. The smallest absolute Gasteiger partial charge is 0.212 e. The minimum Gasteiger partial charge on any atom is -0.212 e. The van der Waals surface area contributed by atoms with Crippen LogP contribution in [0.4, 0.5) is 0 Å². The maximum absolute atomic E-state index is 12.6. The van der Waals surface area contributed by atoms with E-state index in [2.05, 4.69) is 18.2 Å². The molecule has 3 rings (SSSR count). The molecule has 0 amide bonds. The van der Waals surface area contributed by atoms with E-state index in [0.717, 1.165) is 38.5 Å². The Labute approximate surface area is 132 Å². The lowest BCUT2D eigenvalue weighted by Crippen LogP contribution is -2.39. The molecule has 0 unspecified atom stereocenters. The van der Waals surface area contributed by atoms with Crippen molar-refractivity contribution >= 4 is 10.0 Å². The molecule has 1 aliphatic heterocycles. The van der Waals surface area contributed by atoms with Gasteiger partial charge in [0.25, 0.3) is 0 Å². The first-order valence-electron chi connectivity index (χ1n) is 7.99. The maximum atomic E-state index is 12.6. The molecule has 4 nitrogen and oxygen atoms in total. The normalized spacial score (nSPS) is 24.0. The second kappa shape index (κ2) is 6.02.